The maximum atomic E-state index is 13.3. The third kappa shape index (κ3) is 7.19. The summed E-state index contributed by atoms with van der Waals surface area (Å²) >= 11 is 0. The van der Waals surface area contributed by atoms with E-state index < -0.39 is 38.5 Å². The molecule has 1 heterocycles. The smallest absolute Gasteiger partial charge is 0.336 e. The number of hydrogen-bond acceptors (Lipinski definition) is 10. The molecule has 0 radical (unpaired) electrons. The monoisotopic (exact) mass is 572 g/mol. The lowest BCUT2D eigenvalue weighted by molar-refractivity contribution is -0.384. The van der Waals surface area contributed by atoms with Crippen molar-refractivity contribution < 1.29 is 37.1 Å². The minimum atomic E-state index is -3.61. The van der Waals surface area contributed by atoms with Crippen molar-refractivity contribution in [3.8, 4) is 0 Å². The number of allylic oxidation sites excluding steroid dienone is 1. The second kappa shape index (κ2) is 13.4. The summed E-state index contributed by atoms with van der Waals surface area (Å²) in [6.45, 7) is 3.53. The quantitative estimate of drug-likeness (QED) is 0.160. The van der Waals surface area contributed by atoms with Crippen molar-refractivity contribution in [2.45, 2.75) is 37.5 Å². The maximum absolute atomic E-state index is 13.3. The molecule has 214 valence electrons. The Morgan fingerprint density at radius 1 is 1.05 bits per heavy atom. The lowest BCUT2D eigenvalue weighted by Crippen LogP contribution is -2.36. The van der Waals surface area contributed by atoms with E-state index in [4.69, 9.17) is 14.2 Å². The van der Waals surface area contributed by atoms with Gasteiger partial charge in [0.15, 0.2) is 9.84 Å². The summed E-state index contributed by atoms with van der Waals surface area (Å²) in [7, 11) is -0.810. The minimum Gasteiger partial charge on any atom is -0.468 e. The van der Waals surface area contributed by atoms with E-state index in [9.17, 15) is 28.1 Å². The summed E-state index contributed by atoms with van der Waals surface area (Å²) in [5, 5.41) is 11.4. The first-order valence-corrected chi connectivity index (χ1v) is 14.2. The van der Waals surface area contributed by atoms with Gasteiger partial charge in [0.1, 0.15) is 5.92 Å². The van der Waals surface area contributed by atoms with Gasteiger partial charge in [-0.1, -0.05) is 24.3 Å². The number of non-ortho nitro benzene ring substituents is 1. The number of esters is 2. The molecule has 11 nitrogen and oxygen atoms in total. The number of ether oxygens (including phenoxy) is 3. The normalized spacial score (nSPS) is 17.2. The van der Waals surface area contributed by atoms with Crippen LogP contribution in [0.5, 0.6) is 0 Å². The van der Waals surface area contributed by atoms with Gasteiger partial charge in [0.25, 0.3) is 5.69 Å². The first-order chi connectivity index (χ1) is 19.0. The third-order valence-electron chi connectivity index (χ3n) is 6.61. The second-order valence-electron chi connectivity index (χ2n) is 9.28. The summed E-state index contributed by atoms with van der Waals surface area (Å²) < 4.78 is 41.0. The van der Waals surface area contributed by atoms with Gasteiger partial charge in [-0.05, 0) is 49.9 Å². The Labute approximate surface area is 232 Å². The van der Waals surface area contributed by atoms with E-state index in [1.807, 2.05) is 0 Å². The van der Waals surface area contributed by atoms with Gasteiger partial charge in [0, 0.05) is 36.6 Å². The van der Waals surface area contributed by atoms with Crippen LogP contribution in [-0.4, -0.2) is 64.2 Å². The number of benzene rings is 2. The highest BCUT2D eigenvalue weighted by atomic mass is 32.2. The van der Waals surface area contributed by atoms with E-state index in [0.717, 1.165) is 5.56 Å². The highest BCUT2D eigenvalue weighted by Crippen LogP contribution is 2.41. The van der Waals surface area contributed by atoms with E-state index >= 15 is 0 Å². The third-order valence-corrected chi connectivity index (χ3v) is 8.43. The fourth-order valence-electron chi connectivity index (χ4n) is 4.62. The van der Waals surface area contributed by atoms with Crippen molar-refractivity contribution >= 4 is 33.2 Å². The molecular weight excluding hydrogens is 540 g/mol. The molecule has 0 saturated heterocycles. The molecule has 0 saturated carbocycles. The van der Waals surface area contributed by atoms with Gasteiger partial charge in [-0.3, -0.25) is 19.9 Å². The molecule has 0 amide bonds. The van der Waals surface area contributed by atoms with Gasteiger partial charge in [0.05, 0.1) is 41.5 Å². The van der Waals surface area contributed by atoms with Crippen LogP contribution < -0.4 is 0 Å². The van der Waals surface area contributed by atoms with Crippen molar-refractivity contribution in [2.24, 2.45) is 10.9 Å². The predicted octanol–water partition coefficient (Wildman–Crippen LogP) is 3.81. The van der Waals surface area contributed by atoms with Crippen LogP contribution in [0.15, 0.2) is 69.7 Å². The van der Waals surface area contributed by atoms with Gasteiger partial charge in [0.2, 0.25) is 0 Å². The summed E-state index contributed by atoms with van der Waals surface area (Å²) in [4.78, 5) is 41.4. The molecule has 0 N–H and O–H groups in total. The molecule has 12 heteroatoms. The average Bonchev–Trinajstić information content (AvgIpc) is 2.93. The fourth-order valence-corrected chi connectivity index (χ4v) is 5.90. The van der Waals surface area contributed by atoms with Crippen LogP contribution in [0.1, 0.15) is 37.3 Å². The highest BCUT2D eigenvalue weighted by Gasteiger charge is 2.42. The Morgan fingerprint density at radius 3 is 2.38 bits per heavy atom. The van der Waals surface area contributed by atoms with E-state index in [-0.39, 0.29) is 34.9 Å². The van der Waals surface area contributed by atoms with Crippen molar-refractivity contribution in [2.75, 3.05) is 33.2 Å². The molecule has 3 rings (SSSR count). The first kappa shape index (κ1) is 30.6. The number of rotatable bonds is 12. The van der Waals surface area contributed by atoms with E-state index in [2.05, 4.69) is 4.99 Å². The van der Waals surface area contributed by atoms with Crippen LogP contribution in [0, 0.1) is 16.0 Å². The van der Waals surface area contributed by atoms with Gasteiger partial charge < -0.3 is 14.2 Å². The molecule has 2 atom stereocenters. The fraction of sp³-hybridized carbons (Fsp3) is 0.393. The maximum Gasteiger partial charge on any atom is 0.336 e. The number of methoxy groups -OCH3 is 2. The molecular formula is C28H32N2O9S. The number of nitrogens with zero attached hydrogens (tertiary/aromatic N) is 2. The standard InChI is InChI=1S/C28H32N2O9S/c1-18-24(27(31)38-4)26(21-7-5-8-22(17-21)30(33)34)25(19(2)29-18)28(32)39-14-6-16-40(35,36)23-11-9-20(10-12-23)13-15-37-3/h5,7-12,17,24,26H,6,13-16H2,1-4H3. The molecule has 0 aromatic heterocycles. The van der Waals surface area contributed by atoms with Crippen molar-refractivity contribution in [3.05, 3.63) is 81.0 Å². The SMILES string of the molecule is COCCc1ccc(S(=O)(=O)CCCOC(=O)C2=C(C)N=C(C)C(C(=O)OC)C2c2cccc([N+](=O)[O-])c2)cc1. The Balaban J connectivity index is 1.77. The van der Waals surface area contributed by atoms with Crippen LogP contribution in [-0.2, 0) is 40.1 Å². The number of nitro groups is 1. The second-order valence-corrected chi connectivity index (χ2v) is 11.4. The summed E-state index contributed by atoms with van der Waals surface area (Å²) in [5.74, 6) is -3.65. The largest absolute Gasteiger partial charge is 0.468 e. The zero-order chi connectivity index (χ0) is 29.4. The van der Waals surface area contributed by atoms with Crippen molar-refractivity contribution in [1.82, 2.24) is 0 Å². The van der Waals surface area contributed by atoms with Crippen LogP contribution >= 0.6 is 0 Å². The van der Waals surface area contributed by atoms with E-state index in [1.165, 1.54) is 25.3 Å². The molecule has 2 aromatic carbocycles. The number of carbonyl (C=O) groups excluding carboxylic acids is 2. The number of hydrogen-bond donors (Lipinski definition) is 0. The zero-order valence-corrected chi connectivity index (χ0v) is 23.6. The van der Waals surface area contributed by atoms with Gasteiger partial charge in [-0.2, -0.15) is 0 Å². The van der Waals surface area contributed by atoms with Crippen molar-refractivity contribution in [3.63, 3.8) is 0 Å². The zero-order valence-electron chi connectivity index (χ0n) is 22.8. The predicted molar refractivity (Wildman–Crippen MR) is 147 cm³/mol. The molecule has 1 aliphatic heterocycles. The van der Waals surface area contributed by atoms with E-state index in [0.29, 0.717) is 30.0 Å². The summed E-state index contributed by atoms with van der Waals surface area (Å²) in [6.07, 6.45) is 0.704. The van der Waals surface area contributed by atoms with Gasteiger partial charge in [-0.25, -0.2) is 13.2 Å². The average molecular weight is 573 g/mol. The Hall–Kier alpha value is -3.90. The molecule has 0 bridgehead atoms. The summed E-state index contributed by atoms with van der Waals surface area (Å²) in [6, 6.07) is 12.2. The summed E-state index contributed by atoms with van der Waals surface area (Å²) in [5.41, 5.74) is 1.82. The number of carbonyl (C=O) groups is 2. The van der Waals surface area contributed by atoms with Gasteiger partial charge in [-0.15, -0.1) is 0 Å². The number of sulfone groups is 1. The Bertz CT molecular complexity index is 1430. The number of nitro benzene ring substituents is 1. The van der Waals surface area contributed by atoms with Crippen LogP contribution in [0.3, 0.4) is 0 Å². The van der Waals surface area contributed by atoms with Crippen LogP contribution in [0.2, 0.25) is 0 Å². The molecule has 2 aromatic rings. The Morgan fingerprint density at radius 2 is 1.75 bits per heavy atom. The Kier molecular flexibility index (Phi) is 10.3. The van der Waals surface area contributed by atoms with Gasteiger partial charge >= 0.3 is 11.9 Å². The molecule has 1 aliphatic rings. The van der Waals surface area contributed by atoms with Crippen molar-refractivity contribution in [1.29, 1.82) is 0 Å². The first-order valence-electron chi connectivity index (χ1n) is 12.6. The van der Waals surface area contributed by atoms with E-state index in [1.54, 1.807) is 51.3 Å². The molecule has 0 spiro atoms. The van der Waals surface area contributed by atoms with Crippen LogP contribution in [0.4, 0.5) is 5.69 Å². The lowest BCUT2D eigenvalue weighted by atomic mass is 9.75. The van der Waals surface area contributed by atoms with Crippen LogP contribution in [0.25, 0.3) is 0 Å². The molecule has 0 fully saturated rings. The molecule has 40 heavy (non-hydrogen) atoms. The minimum absolute atomic E-state index is 0.0377. The number of aliphatic imine (C=N–C) groups is 1. The topological polar surface area (TPSA) is 151 Å². The highest BCUT2D eigenvalue weighted by molar-refractivity contribution is 7.91. The molecule has 2 unspecified atom stereocenters. The lowest BCUT2D eigenvalue weighted by Gasteiger charge is -2.31. The molecule has 0 aliphatic carbocycles.